The molecule has 0 aliphatic carbocycles. The number of aromatic nitrogens is 2. The molecule has 0 radical (unpaired) electrons. The first-order valence-corrected chi connectivity index (χ1v) is 9.57. The Bertz CT molecular complexity index is 1200. The van der Waals surface area contributed by atoms with Crippen LogP contribution in [0.4, 0.5) is 4.39 Å². The zero-order valence-corrected chi connectivity index (χ0v) is 16.7. The van der Waals surface area contributed by atoms with Gasteiger partial charge >= 0.3 is 0 Å². The lowest BCUT2D eigenvalue weighted by atomic mass is 9.94. The normalized spacial score (nSPS) is 12.3. The van der Waals surface area contributed by atoms with Crippen molar-refractivity contribution in [2.45, 2.75) is 26.3 Å². The quantitative estimate of drug-likeness (QED) is 0.465. The van der Waals surface area contributed by atoms with E-state index in [2.05, 4.69) is 15.5 Å². The molecule has 0 saturated heterocycles. The van der Waals surface area contributed by atoms with Crippen LogP contribution in [0.5, 0.6) is 0 Å². The Kier molecular flexibility index (Phi) is 5.11. The summed E-state index contributed by atoms with van der Waals surface area (Å²) in [5.41, 5.74) is 3.79. The molecule has 2 aromatic heterocycles. The van der Waals surface area contributed by atoms with Gasteiger partial charge in [0.2, 0.25) is 5.91 Å². The minimum Gasteiger partial charge on any atom is -0.359 e. The van der Waals surface area contributed by atoms with Gasteiger partial charge in [0.25, 0.3) is 0 Å². The van der Waals surface area contributed by atoms with E-state index in [1.165, 1.54) is 12.1 Å². The largest absolute Gasteiger partial charge is 0.359 e. The Morgan fingerprint density at radius 3 is 2.83 bits per heavy atom. The number of hydrogen-bond acceptors (Lipinski definition) is 3. The number of fused-ring (bicyclic) bond motifs is 1. The van der Waals surface area contributed by atoms with E-state index in [0.29, 0.717) is 21.7 Å². The maximum atomic E-state index is 14.0. The van der Waals surface area contributed by atoms with E-state index < -0.39 is 5.92 Å². The third-order valence-corrected chi connectivity index (χ3v) is 5.09. The van der Waals surface area contributed by atoms with Gasteiger partial charge in [-0.1, -0.05) is 28.9 Å². The molecule has 0 saturated carbocycles. The van der Waals surface area contributed by atoms with Gasteiger partial charge in [0, 0.05) is 22.0 Å². The first kappa shape index (κ1) is 19.2. The van der Waals surface area contributed by atoms with Gasteiger partial charge in [0.1, 0.15) is 5.82 Å². The lowest BCUT2D eigenvalue weighted by Gasteiger charge is -2.14. The van der Waals surface area contributed by atoms with Crippen LogP contribution in [0.1, 0.15) is 29.9 Å². The number of aromatic amines is 1. The number of amides is 1. The highest BCUT2D eigenvalue weighted by Crippen LogP contribution is 2.37. The number of benzene rings is 2. The summed E-state index contributed by atoms with van der Waals surface area (Å²) in [5, 5.41) is 7.92. The van der Waals surface area contributed by atoms with Crippen molar-refractivity contribution in [1.29, 1.82) is 0 Å². The first-order chi connectivity index (χ1) is 13.9. The monoisotopic (exact) mass is 411 g/mol. The summed E-state index contributed by atoms with van der Waals surface area (Å²) in [7, 11) is 0. The fraction of sp³-hybridized carbons (Fsp3) is 0.182. The van der Waals surface area contributed by atoms with Crippen LogP contribution >= 0.6 is 11.6 Å². The van der Waals surface area contributed by atoms with Gasteiger partial charge < -0.3 is 14.8 Å². The van der Waals surface area contributed by atoms with E-state index in [-0.39, 0.29) is 18.3 Å². The zero-order valence-electron chi connectivity index (χ0n) is 15.9. The van der Waals surface area contributed by atoms with Crippen LogP contribution < -0.4 is 5.32 Å². The number of nitrogens with one attached hydrogen (secondary N) is 2. The number of carbonyl (C=O) groups excluding carboxylic acids is 1. The minimum absolute atomic E-state index is 0.201. The lowest BCUT2D eigenvalue weighted by molar-refractivity contribution is -0.122. The van der Waals surface area contributed by atoms with E-state index in [0.717, 1.165) is 22.5 Å². The Labute approximate surface area is 171 Å². The molecule has 5 nitrogen and oxygen atoms in total. The van der Waals surface area contributed by atoms with Crippen LogP contribution in [0.15, 0.2) is 53.1 Å². The number of nitrogens with zero attached hydrogens (tertiary/aromatic N) is 1. The molecule has 29 heavy (non-hydrogen) atoms. The van der Waals surface area contributed by atoms with Crippen molar-refractivity contribution < 1.29 is 13.7 Å². The highest BCUT2D eigenvalue weighted by molar-refractivity contribution is 6.30. The molecule has 148 valence electrons. The second-order valence-electron chi connectivity index (χ2n) is 6.99. The molecule has 1 amide bonds. The third kappa shape index (κ3) is 3.89. The number of rotatable bonds is 5. The molecular weight excluding hydrogens is 393 g/mol. The summed E-state index contributed by atoms with van der Waals surface area (Å²) in [6.07, 6.45) is 0. The molecule has 4 rings (SSSR count). The maximum Gasteiger partial charge on any atom is 0.227 e. The van der Waals surface area contributed by atoms with E-state index in [9.17, 15) is 9.18 Å². The second kappa shape index (κ2) is 7.72. The van der Waals surface area contributed by atoms with Gasteiger partial charge in [0.05, 0.1) is 23.9 Å². The highest BCUT2D eigenvalue weighted by Gasteiger charge is 2.24. The summed E-state index contributed by atoms with van der Waals surface area (Å²) >= 11 is 6.16. The molecule has 0 aliphatic rings. The molecule has 0 fully saturated rings. The Morgan fingerprint density at radius 2 is 2.10 bits per heavy atom. The van der Waals surface area contributed by atoms with Crippen LogP contribution in [0.3, 0.4) is 0 Å². The van der Waals surface area contributed by atoms with E-state index in [4.69, 9.17) is 16.1 Å². The second-order valence-corrected chi connectivity index (χ2v) is 7.42. The van der Waals surface area contributed by atoms with Gasteiger partial charge in [-0.2, -0.15) is 0 Å². The zero-order chi connectivity index (χ0) is 20.5. The SMILES string of the molecule is Cc1cc(CNC(=O)C(C)c2c(-c3cccc(Cl)c3)[nH]c3ccc(F)cc23)on1. The van der Waals surface area contributed by atoms with Crippen LogP contribution in [-0.2, 0) is 11.3 Å². The highest BCUT2D eigenvalue weighted by atomic mass is 35.5. The standard InChI is InChI=1S/C22H19ClFN3O2/c1-12-8-17(29-27-12)11-25-22(28)13(2)20-18-10-16(24)6-7-19(18)26-21(20)14-4-3-5-15(23)9-14/h3-10,13,26H,11H2,1-2H3,(H,25,28). The Morgan fingerprint density at radius 1 is 1.28 bits per heavy atom. The Hall–Kier alpha value is -3.12. The molecule has 7 heteroatoms. The number of aryl methyl sites for hydroxylation is 1. The minimum atomic E-state index is -0.538. The predicted octanol–water partition coefficient (Wildman–Crippen LogP) is 5.34. The van der Waals surface area contributed by atoms with Gasteiger partial charge in [-0.25, -0.2) is 4.39 Å². The number of hydrogen-bond donors (Lipinski definition) is 2. The summed E-state index contributed by atoms with van der Waals surface area (Å²) in [6, 6.07) is 13.6. The summed E-state index contributed by atoms with van der Waals surface area (Å²) in [5.74, 6) is -0.528. The predicted molar refractivity (Wildman–Crippen MR) is 110 cm³/mol. The molecule has 2 N–H and O–H groups in total. The van der Waals surface area contributed by atoms with Gasteiger partial charge in [-0.05, 0) is 55.3 Å². The van der Waals surface area contributed by atoms with Crippen LogP contribution in [0, 0.1) is 12.7 Å². The van der Waals surface area contributed by atoms with Gasteiger partial charge in [0.15, 0.2) is 5.76 Å². The average molecular weight is 412 g/mol. The van der Waals surface area contributed by atoms with Crippen molar-refractivity contribution in [3.8, 4) is 11.3 Å². The van der Waals surface area contributed by atoms with E-state index in [1.54, 1.807) is 25.1 Å². The molecule has 1 unspecified atom stereocenters. The van der Waals surface area contributed by atoms with E-state index >= 15 is 0 Å². The molecule has 0 bridgehead atoms. The number of carbonyl (C=O) groups is 1. The molecule has 4 aromatic rings. The van der Waals surface area contributed by atoms with Crippen molar-refractivity contribution in [1.82, 2.24) is 15.5 Å². The molecular formula is C22H19ClFN3O2. The Balaban J connectivity index is 1.73. The molecule has 0 spiro atoms. The number of halogens is 2. The van der Waals surface area contributed by atoms with Gasteiger partial charge in [-0.3, -0.25) is 4.79 Å². The van der Waals surface area contributed by atoms with Crippen molar-refractivity contribution in [3.05, 3.63) is 76.4 Å². The van der Waals surface area contributed by atoms with Gasteiger partial charge in [-0.15, -0.1) is 0 Å². The lowest BCUT2D eigenvalue weighted by Crippen LogP contribution is -2.27. The maximum absolute atomic E-state index is 14.0. The average Bonchev–Trinajstić information content (AvgIpc) is 3.28. The van der Waals surface area contributed by atoms with Crippen molar-refractivity contribution >= 4 is 28.4 Å². The first-order valence-electron chi connectivity index (χ1n) is 9.19. The fourth-order valence-electron chi connectivity index (χ4n) is 3.46. The molecule has 0 aliphatic heterocycles. The van der Waals surface area contributed by atoms with Crippen molar-refractivity contribution in [2.75, 3.05) is 0 Å². The topological polar surface area (TPSA) is 70.9 Å². The fourth-order valence-corrected chi connectivity index (χ4v) is 3.65. The van der Waals surface area contributed by atoms with Crippen molar-refractivity contribution in [2.24, 2.45) is 0 Å². The molecule has 2 aromatic carbocycles. The molecule has 2 heterocycles. The summed E-state index contributed by atoms with van der Waals surface area (Å²) in [6.45, 7) is 3.84. The van der Waals surface area contributed by atoms with Crippen LogP contribution in [-0.4, -0.2) is 16.0 Å². The smallest absolute Gasteiger partial charge is 0.227 e. The number of H-pyrrole nitrogens is 1. The van der Waals surface area contributed by atoms with Crippen LogP contribution in [0.2, 0.25) is 5.02 Å². The summed E-state index contributed by atoms with van der Waals surface area (Å²) in [4.78, 5) is 16.2. The third-order valence-electron chi connectivity index (χ3n) is 4.85. The summed E-state index contributed by atoms with van der Waals surface area (Å²) < 4.78 is 19.1. The van der Waals surface area contributed by atoms with E-state index in [1.807, 2.05) is 25.1 Å². The van der Waals surface area contributed by atoms with Crippen LogP contribution in [0.25, 0.3) is 22.2 Å². The van der Waals surface area contributed by atoms with Crippen molar-refractivity contribution in [3.63, 3.8) is 0 Å². The molecule has 1 atom stereocenters.